The highest BCUT2D eigenvalue weighted by Gasteiger charge is 2.20. The lowest BCUT2D eigenvalue weighted by molar-refractivity contribution is 0.212. The molecule has 0 amide bonds. The molecular formula is C13H7BrF4O. The van der Waals surface area contributed by atoms with Gasteiger partial charge < -0.3 is 5.11 Å². The lowest BCUT2D eigenvalue weighted by atomic mass is 10.0. The monoisotopic (exact) mass is 334 g/mol. The second-order valence-electron chi connectivity index (χ2n) is 3.86. The van der Waals surface area contributed by atoms with Crippen LogP contribution in [0.4, 0.5) is 17.6 Å². The SMILES string of the molecule is OC(c1cc(F)c(F)cc1F)c1cc(F)ccc1Br. The molecule has 1 unspecified atom stereocenters. The fourth-order valence-electron chi connectivity index (χ4n) is 1.64. The fourth-order valence-corrected chi connectivity index (χ4v) is 2.10. The average Bonchev–Trinajstić information content (AvgIpc) is 2.36. The highest BCUT2D eigenvalue weighted by atomic mass is 79.9. The van der Waals surface area contributed by atoms with Crippen LogP contribution in [0, 0.1) is 23.3 Å². The zero-order valence-corrected chi connectivity index (χ0v) is 10.9. The van der Waals surface area contributed by atoms with Crippen LogP contribution in [0.3, 0.4) is 0 Å². The number of rotatable bonds is 2. The lowest BCUT2D eigenvalue weighted by Gasteiger charge is -2.14. The van der Waals surface area contributed by atoms with Crippen molar-refractivity contribution >= 4 is 15.9 Å². The standard InChI is InChI=1S/C13H7BrF4O/c14-9-2-1-6(15)3-7(9)13(19)8-4-11(17)12(18)5-10(8)16/h1-5,13,19H. The minimum atomic E-state index is -1.61. The van der Waals surface area contributed by atoms with Gasteiger partial charge in [0.25, 0.3) is 0 Å². The number of benzene rings is 2. The zero-order valence-electron chi connectivity index (χ0n) is 9.30. The summed E-state index contributed by atoms with van der Waals surface area (Å²) in [7, 11) is 0. The molecule has 1 atom stereocenters. The van der Waals surface area contributed by atoms with Gasteiger partial charge in [-0.3, -0.25) is 0 Å². The van der Waals surface area contributed by atoms with Crippen molar-refractivity contribution in [3.8, 4) is 0 Å². The van der Waals surface area contributed by atoms with Crippen LogP contribution in [0.15, 0.2) is 34.8 Å². The molecule has 0 radical (unpaired) electrons. The van der Waals surface area contributed by atoms with E-state index in [-0.39, 0.29) is 5.56 Å². The summed E-state index contributed by atoms with van der Waals surface area (Å²) in [5.41, 5.74) is -0.449. The number of hydrogen-bond donors (Lipinski definition) is 1. The minimum absolute atomic E-state index is 0.0184. The summed E-state index contributed by atoms with van der Waals surface area (Å²) in [6.45, 7) is 0. The molecule has 0 aliphatic rings. The Balaban J connectivity index is 2.52. The first kappa shape index (κ1) is 14.0. The molecule has 2 aromatic carbocycles. The molecule has 0 fully saturated rings. The number of aliphatic hydroxyl groups excluding tert-OH is 1. The van der Waals surface area contributed by atoms with Crippen LogP contribution in [-0.4, -0.2) is 5.11 Å². The van der Waals surface area contributed by atoms with Gasteiger partial charge in [-0.15, -0.1) is 0 Å². The Morgan fingerprint density at radius 3 is 2.16 bits per heavy atom. The van der Waals surface area contributed by atoms with Gasteiger partial charge in [-0.1, -0.05) is 15.9 Å². The normalized spacial score (nSPS) is 12.5. The Morgan fingerprint density at radius 1 is 0.842 bits per heavy atom. The van der Waals surface area contributed by atoms with Crippen LogP contribution in [0.25, 0.3) is 0 Å². The Kier molecular flexibility index (Phi) is 3.91. The van der Waals surface area contributed by atoms with Crippen molar-refractivity contribution in [2.45, 2.75) is 6.10 Å². The molecule has 1 N–H and O–H groups in total. The quantitative estimate of drug-likeness (QED) is 0.648. The van der Waals surface area contributed by atoms with E-state index >= 15 is 0 Å². The topological polar surface area (TPSA) is 20.2 Å². The second kappa shape index (κ2) is 5.30. The Bertz CT molecular complexity index is 630. The van der Waals surface area contributed by atoms with Gasteiger partial charge in [0, 0.05) is 21.7 Å². The van der Waals surface area contributed by atoms with Crippen molar-refractivity contribution in [2.24, 2.45) is 0 Å². The molecule has 2 rings (SSSR count). The van der Waals surface area contributed by atoms with Gasteiger partial charge in [0.15, 0.2) is 11.6 Å². The van der Waals surface area contributed by atoms with E-state index in [4.69, 9.17) is 0 Å². The highest BCUT2D eigenvalue weighted by molar-refractivity contribution is 9.10. The molecule has 1 nitrogen and oxygen atoms in total. The van der Waals surface area contributed by atoms with E-state index in [0.29, 0.717) is 16.6 Å². The Hall–Kier alpha value is -1.40. The summed E-state index contributed by atoms with van der Waals surface area (Å²) in [4.78, 5) is 0. The van der Waals surface area contributed by atoms with Gasteiger partial charge in [0.1, 0.15) is 17.7 Å². The molecule has 2 aromatic rings. The maximum Gasteiger partial charge on any atom is 0.161 e. The third-order valence-electron chi connectivity index (χ3n) is 2.59. The number of halogens is 5. The van der Waals surface area contributed by atoms with Crippen LogP contribution < -0.4 is 0 Å². The molecule has 0 heterocycles. The van der Waals surface area contributed by atoms with Gasteiger partial charge in [-0.2, -0.15) is 0 Å². The first-order valence-corrected chi connectivity index (χ1v) is 5.97. The van der Waals surface area contributed by atoms with E-state index in [1.807, 2.05) is 0 Å². The maximum atomic E-state index is 13.5. The van der Waals surface area contributed by atoms with E-state index in [1.165, 1.54) is 6.07 Å². The molecule has 0 bridgehead atoms. The molecule has 0 aliphatic carbocycles. The van der Waals surface area contributed by atoms with E-state index in [0.717, 1.165) is 12.1 Å². The zero-order chi connectivity index (χ0) is 14.2. The number of aliphatic hydroxyl groups is 1. The molecule has 100 valence electrons. The van der Waals surface area contributed by atoms with E-state index in [2.05, 4.69) is 15.9 Å². The summed E-state index contributed by atoms with van der Waals surface area (Å²) in [5.74, 6) is -4.39. The number of hydrogen-bond acceptors (Lipinski definition) is 1. The molecule has 19 heavy (non-hydrogen) atoms. The van der Waals surface area contributed by atoms with Crippen molar-refractivity contribution in [3.63, 3.8) is 0 Å². The van der Waals surface area contributed by atoms with Gasteiger partial charge in [0.2, 0.25) is 0 Å². The maximum absolute atomic E-state index is 13.5. The third kappa shape index (κ3) is 2.79. The Labute approximate surface area is 114 Å². The van der Waals surface area contributed by atoms with Crippen LogP contribution in [0.2, 0.25) is 0 Å². The van der Waals surface area contributed by atoms with Crippen molar-refractivity contribution in [1.82, 2.24) is 0 Å². The first-order valence-electron chi connectivity index (χ1n) is 5.17. The predicted molar refractivity (Wildman–Crippen MR) is 64.5 cm³/mol. The summed E-state index contributed by atoms with van der Waals surface area (Å²) in [6, 6.07) is 4.33. The van der Waals surface area contributed by atoms with Crippen molar-refractivity contribution < 1.29 is 22.7 Å². The summed E-state index contributed by atoms with van der Waals surface area (Å²) < 4.78 is 52.8. The smallest absolute Gasteiger partial charge is 0.161 e. The van der Waals surface area contributed by atoms with Gasteiger partial charge >= 0.3 is 0 Å². The molecule has 0 aromatic heterocycles. The molecule has 0 saturated carbocycles. The summed E-state index contributed by atoms with van der Waals surface area (Å²) in [5, 5.41) is 9.97. The second-order valence-corrected chi connectivity index (χ2v) is 4.71. The van der Waals surface area contributed by atoms with Crippen molar-refractivity contribution in [3.05, 3.63) is 69.2 Å². The van der Waals surface area contributed by atoms with Crippen LogP contribution >= 0.6 is 15.9 Å². The third-order valence-corrected chi connectivity index (χ3v) is 3.31. The molecule has 0 aliphatic heterocycles. The molecular weight excluding hydrogens is 328 g/mol. The summed E-state index contributed by atoms with van der Waals surface area (Å²) >= 11 is 3.07. The van der Waals surface area contributed by atoms with Gasteiger partial charge in [-0.25, -0.2) is 17.6 Å². The van der Waals surface area contributed by atoms with Crippen LogP contribution in [-0.2, 0) is 0 Å². The predicted octanol–water partition coefficient (Wildman–Crippen LogP) is 4.09. The fraction of sp³-hybridized carbons (Fsp3) is 0.0769. The summed E-state index contributed by atoms with van der Waals surface area (Å²) in [6.07, 6.45) is -1.61. The van der Waals surface area contributed by atoms with Crippen molar-refractivity contribution in [2.75, 3.05) is 0 Å². The average molecular weight is 335 g/mol. The Morgan fingerprint density at radius 2 is 1.47 bits per heavy atom. The minimum Gasteiger partial charge on any atom is -0.384 e. The molecule has 0 spiro atoms. The van der Waals surface area contributed by atoms with Gasteiger partial charge in [-0.05, 0) is 24.3 Å². The van der Waals surface area contributed by atoms with E-state index in [9.17, 15) is 22.7 Å². The largest absolute Gasteiger partial charge is 0.384 e. The molecule has 0 saturated heterocycles. The van der Waals surface area contributed by atoms with Crippen LogP contribution in [0.5, 0.6) is 0 Å². The van der Waals surface area contributed by atoms with Gasteiger partial charge in [0.05, 0.1) is 0 Å². The molecule has 6 heteroatoms. The van der Waals surface area contributed by atoms with E-state index < -0.39 is 34.9 Å². The first-order chi connectivity index (χ1) is 8.90. The lowest BCUT2D eigenvalue weighted by Crippen LogP contribution is -2.06. The highest BCUT2D eigenvalue weighted by Crippen LogP contribution is 2.31. The van der Waals surface area contributed by atoms with Crippen molar-refractivity contribution in [1.29, 1.82) is 0 Å². The van der Waals surface area contributed by atoms with Crippen LogP contribution in [0.1, 0.15) is 17.2 Å². The van der Waals surface area contributed by atoms with E-state index in [1.54, 1.807) is 0 Å².